The standard InChI is InChI=1S/C25H25FN6O3.C2H6/c1-5-16(26)21(6-2)35-23-7-13(3)20(12-29-23)32-25(28)15(11-30-32)24(33)19-8-14-9-22(34-4)17(27)10-18(14)31-19;1-2/h5-12,31H,27-28H2,1-4H3;1-2H3/b16-5+,21-6+;. The number of methoxy groups -OCH3 is 1. The van der Waals surface area contributed by atoms with Crippen molar-refractivity contribution in [2.24, 2.45) is 0 Å². The molecule has 0 fully saturated rings. The predicted octanol–water partition coefficient (Wildman–Crippen LogP) is 5.64. The molecule has 0 aliphatic heterocycles. The van der Waals surface area contributed by atoms with Crippen molar-refractivity contribution in [3.8, 4) is 17.3 Å². The zero-order valence-corrected chi connectivity index (χ0v) is 21.7. The van der Waals surface area contributed by atoms with E-state index >= 15 is 0 Å². The van der Waals surface area contributed by atoms with Gasteiger partial charge in [-0.2, -0.15) is 5.10 Å². The van der Waals surface area contributed by atoms with E-state index < -0.39 is 5.83 Å². The van der Waals surface area contributed by atoms with Gasteiger partial charge in [-0.15, -0.1) is 0 Å². The van der Waals surface area contributed by atoms with Gasteiger partial charge in [0.15, 0.2) is 11.6 Å². The van der Waals surface area contributed by atoms with Gasteiger partial charge in [0, 0.05) is 17.0 Å². The highest BCUT2D eigenvalue weighted by molar-refractivity contribution is 6.12. The molecule has 0 saturated heterocycles. The number of nitrogens with two attached hydrogens (primary N) is 2. The van der Waals surface area contributed by atoms with Crippen molar-refractivity contribution >= 4 is 28.2 Å². The number of halogens is 1. The molecule has 4 aromatic rings. The molecule has 0 unspecified atom stereocenters. The van der Waals surface area contributed by atoms with Crippen LogP contribution in [-0.2, 0) is 0 Å². The van der Waals surface area contributed by atoms with Gasteiger partial charge in [-0.3, -0.25) is 4.79 Å². The highest BCUT2D eigenvalue weighted by Gasteiger charge is 2.21. The molecule has 4 rings (SSSR count). The van der Waals surface area contributed by atoms with Crippen molar-refractivity contribution in [3.05, 3.63) is 77.2 Å². The molecule has 5 N–H and O–H groups in total. The minimum Gasteiger partial charge on any atom is -0.495 e. The number of aromatic nitrogens is 4. The third-order valence-electron chi connectivity index (χ3n) is 5.52. The van der Waals surface area contributed by atoms with Crippen LogP contribution in [-0.4, -0.2) is 32.6 Å². The molecular weight excluding hydrogens is 475 g/mol. The van der Waals surface area contributed by atoms with E-state index in [2.05, 4.69) is 15.1 Å². The fourth-order valence-corrected chi connectivity index (χ4v) is 3.65. The number of carbonyl (C=O) groups excluding carboxylic acids is 1. The molecule has 0 spiro atoms. The fourth-order valence-electron chi connectivity index (χ4n) is 3.65. The molecule has 0 aliphatic carbocycles. The van der Waals surface area contributed by atoms with Gasteiger partial charge in [0.25, 0.3) is 0 Å². The van der Waals surface area contributed by atoms with Gasteiger partial charge in [-0.05, 0) is 56.7 Å². The lowest BCUT2D eigenvalue weighted by atomic mass is 10.1. The number of aromatic amines is 1. The van der Waals surface area contributed by atoms with E-state index in [-0.39, 0.29) is 28.8 Å². The number of carbonyl (C=O) groups is 1. The first-order valence-electron chi connectivity index (χ1n) is 11.7. The van der Waals surface area contributed by atoms with Crippen LogP contribution in [0.15, 0.2) is 60.4 Å². The number of benzene rings is 1. The van der Waals surface area contributed by atoms with Crippen LogP contribution in [0, 0.1) is 6.92 Å². The summed E-state index contributed by atoms with van der Waals surface area (Å²) in [6, 6.07) is 6.81. The first-order chi connectivity index (χ1) is 17.8. The van der Waals surface area contributed by atoms with Gasteiger partial charge in [-0.1, -0.05) is 13.8 Å². The highest BCUT2D eigenvalue weighted by Crippen LogP contribution is 2.30. The number of nitrogens with one attached hydrogen (secondary N) is 1. The Labute approximate surface area is 214 Å². The molecule has 0 amide bonds. The highest BCUT2D eigenvalue weighted by atomic mass is 19.1. The fraction of sp³-hybridized carbons (Fsp3) is 0.222. The average molecular weight is 507 g/mol. The second kappa shape index (κ2) is 11.4. The predicted molar refractivity (Wildman–Crippen MR) is 144 cm³/mol. The van der Waals surface area contributed by atoms with Crippen molar-refractivity contribution in [2.75, 3.05) is 18.6 Å². The third-order valence-corrected chi connectivity index (χ3v) is 5.52. The number of H-pyrrole nitrogens is 1. The summed E-state index contributed by atoms with van der Waals surface area (Å²) >= 11 is 0. The molecule has 0 radical (unpaired) electrons. The van der Waals surface area contributed by atoms with Crippen LogP contribution >= 0.6 is 0 Å². The van der Waals surface area contributed by atoms with E-state index in [1.807, 2.05) is 20.8 Å². The van der Waals surface area contributed by atoms with Gasteiger partial charge < -0.3 is 25.9 Å². The summed E-state index contributed by atoms with van der Waals surface area (Å²) in [5.74, 6) is 0.135. The Hall–Kier alpha value is -4.60. The molecule has 10 heteroatoms. The summed E-state index contributed by atoms with van der Waals surface area (Å²) < 4.78 is 26.1. The van der Waals surface area contributed by atoms with Crippen molar-refractivity contribution in [3.63, 3.8) is 0 Å². The van der Waals surface area contributed by atoms with Gasteiger partial charge >= 0.3 is 0 Å². The number of nitrogens with zero attached hydrogens (tertiary/aromatic N) is 3. The molecule has 1 aromatic carbocycles. The van der Waals surface area contributed by atoms with Crippen LogP contribution in [0.1, 0.15) is 49.3 Å². The Morgan fingerprint density at radius 2 is 1.84 bits per heavy atom. The lowest BCUT2D eigenvalue weighted by Crippen LogP contribution is -2.09. The van der Waals surface area contributed by atoms with E-state index in [9.17, 15) is 9.18 Å². The molecule has 37 heavy (non-hydrogen) atoms. The number of ether oxygens (including phenoxy) is 2. The molecule has 0 bridgehead atoms. The van der Waals surface area contributed by atoms with Crippen molar-refractivity contribution in [1.29, 1.82) is 0 Å². The van der Waals surface area contributed by atoms with E-state index in [0.717, 1.165) is 5.39 Å². The largest absolute Gasteiger partial charge is 0.495 e. The topological polar surface area (TPSA) is 134 Å². The Bertz CT molecular complexity index is 1500. The van der Waals surface area contributed by atoms with Crippen molar-refractivity contribution < 1.29 is 18.7 Å². The van der Waals surface area contributed by atoms with Crippen LogP contribution in [0.3, 0.4) is 0 Å². The second-order valence-electron chi connectivity index (χ2n) is 7.75. The second-order valence-corrected chi connectivity index (χ2v) is 7.75. The smallest absolute Gasteiger partial charge is 0.219 e. The summed E-state index contributed by atoms with van der Waals surface area (Å²) in [5.41, 5.74) is 15.3. The van der Waals surface area contributed by atoms with E-state index in [0.29, 0.717) is 33.9 Å². The van der Waals surface area contributed by atoms with Crippen molar-refractivity contribution in [2.45, 2.75) is 34.6 Å². The van der Waals surface area contributed by atoms with Gasteiger partial charge in [0.2, 0.25) is 11.7 Å². The zero-order valence-electron chi connectivity index (χ0n) is 21.7. The van der Waals surface area contributed by atoms with E-state index in [4.69, 9.17) is 20.9 Å². The number of anilines is 2. The third kappa shape index (κ3) is 5.32. The SMILES string of the molecule is C/C=C(F)\C(=C/C)Oc1cc(C)c(-n2ncc(C(=O)c3cc4cc(OC)c(N)cc4[nH]3)c2N)cn1.CC. The molecule has 3 aromatic heterocycles. The summed E-state index contributed by atoms with van der Waals surface area (Å²) in [5, 5.41) is 5.07. The molecule has 3 heterocycles. The summed E-state index contributed by atoms with van der Waals surface area (Å²) in [4.78, 5) is 20.5. The number of fused-ring (bicyclic) bond motifs is 1. The first kappa shape index (κ1) is 27.0. The van der Waals surface area contributed by atoms with E-state index in [1.165, 1.54) is 36.3 Å². The Kier molecular flexibility index (Phi) is 8.33. The number of allylic oxidation sites excluding steroid dienone is 3. The zero-order chi connectivity index (χ0) is 27.3. The van der Waals surface area contributed by atoms with Crippen LogP contribution in [0.25, 0.3) is 16.6 Å². The molecule has 0 atom stereocenters. The van der Waals surface area contributed by atoms with E-state index in [1.54, 1.807) is 38.1 Å². The molecule has 0 saturated carbocycles. The number of nitrogen functional groups attached to an aromatic ring is 2. The molecule has 194 valence electrons. The quantitative estimate of drug-likeness (QED) is 0.128. The number of pyridine rings is 1. The maximum atomic E-state index is 13.9. The number of aryl methyl sites for hydroxylation is 1. The Morgan fingerprint density at radius 1 is 1.11 bits per heavy atom. The van der Waals surface area contributed by atoms with Crippen molar-refractivity contribution in [1.82, 2.24) is 19.7 Å². The van der Waals surface area contributed by atoms with Crippen LogP contribution in [0.4, 0.5) is 15.9 Å². The monoisotopic (exact) mass is 506 g/mol. The van der Waals surface area contributed by atoms with Gasteiger partial charge in [0.05, 0.1) is 42.1 Å². The molecular formula is C27H31FN6O3. The number of rotatable bonds is 7. The Balaban J connectivity index is 0.00000186. The van der Waals surface area contributed by atoms with Crippen LogP contribution in [0.5, 0.6) is 11.6 Å². The Morgan fingerprint density at radius 3 is 2.46 bits per heavy atom. The normalized spacial score (nSPS) is 11.8. The van der Waals surface area contributed by atoms with Gasteiger partial charge in [-0.25, -0.2) is 14.1 Å². The first-order valence-corrected chi connectivity index (χ1v) is 11.7. The van der Waals surface area contributed by atoms with Gasteiger partial charge in [0.1, 0.15) is 11.6 Å². The summed E-state index contributed by atoms with van der Waals surface area (Å²) in [7, 11) is 1.53. The lowest BCUT2D eigenvalue weighted by molar-refractivity contribution is 0.103. The minimum atomic E-state index is -0.492. The minimum absolute atomic E-state index is 0.0661. The number of hydrogen-bond acceptors (Lipinski definition) is 7. The van der Waals surface area contributed by atoms with Crippen LogP contribution < -0.4 is 20.9 Å². The summed E-state index contributed by atoms with van der Waals surface area (Å²) in [6.45, 7) is 9.05. The van der Waals surface area contributed by atoms with Crippen LogP contribution in [0.2, 0.25) is 0 Å². The molecule has 0 aliphatic rings. The summed E-state index contributed by atoms with van der Waals surface area (Å²) in [6.07, 6.45) is 5.72. The average Bonchev–Trinajstić information content (AvgIpc) is 3.50. The lowest BCUT2D eigenvalue weighted by Gasteiger charge is -2.11. The maximum absolute atomic E-state index is 13.9. The molecule has 9 nitrogen and oxygen atoms in total. The number of hydrogen-bond donors (Lipinski definition) is 3. The maximum Gasteiger partial charge on any atom is 0.219 e. The number of ketones is 1.